The molecule has 0 bridgehead atoms. The first kappa shape index (κ1) is 14.4. The molecule has 0 unspecified atom stereocenters. The van der Waals surface area contributed by atoms with E-state index in [1.54, 1.807) is 24.4 Å². The molecule has 2 heterocycles. The van der Waals surface area contributed by atoms with Gasteiger partial charge in [0.1, 0.15) is 5.69 Å². The highest BCUT2D eigenvalue weighted by atomic mass is 79.9. The SMILES string of the molecule is O=C(O)c1cc(-c2ccc(Br)cc2)cc(-c2ccccn2)n1. The van der Waals surface area contributed by atoms with Gasteiger partial charge in [-0.1, -0.05) is 34.1 Å². The predicted molar refractivity (Wildman–Crippen MR) is 87.6 cm³/mol. The third-order valence-electron chi connectivity index (χ3n) is 3.15. The van der Waals surface area contributed by atoms with Crippen molar-refractivity contribution in [2.24, 2.45) is 0 Å². The molecule has 0 fully saturated rings. The minimum atomic E-state index is -1.06. The number of carbonyl (C=O) groups is 1. The van der Waals surface area contributed by atoms with Gasteiger partial charge in [-0.3, -0.25) is 4.98 Å². The summed E-state index contributed by atoms with van der Waals surface area (Å²) in [5, 5.41) is 9.28. The zero-order valence-electron chi connectivity index (χ0n) is 11.4. The molecule has 108 valence electrons. The third kappa shape index (κ3) is 3.04. The van der Waals surface area contributed by atoms with Crippen LogP contribution < -0.4 is 0 Å². The maximum Gasteiger partial charge on any atom is 0.354 e. The van der Waals surface area contributed by atoms with Gasteiger partial charge in [0.25, 0.3) is 0 Å². The van der Waals surface area contributed by atoms with Crippen LogP contribution in [0.3, 0.4) is 0 Å². The van der Waals surface area contributed by atoms with Crippen LogP contribution in [0.15, 0.2) is 65.3 Å². The molecule has 0 radical (unpaired) electrons. The van der Waals surface area contributed by atoms with Gasteiger partial charge in [-0.25, -0.2) is 9.78 Å². The van der Waals surface area contributed by atoms with Crippen molar-refractivity contribution in [2.45, 2.75) is 0 Å². The second-order valence-corrected chi connectivity index (χ2v) is 5.57. The highest BCUT2D eigenvalue weighted by Gasteiger charge is 2.12. The van der Waals surface area contributed by atoms with E-state index < -0.39 is 5.97 Å². The van der Waals surface area contributed by atoms with Crippen molar-refractivity contribution in [1.29, 1.82) is 0 Å². The van der Waals surface area contributed by atoms with E-state index in [4.69, 9.17) is 0 Å². The normalized spacial score (nSPS) is 10.4. The fourth-order valence-corrected chi connectivity index (χ4v) is 2.36. The van der Waals surface area contributed by atoms with Crippen LogP contribution in [0.25, 0.3) is 22.5 Å². The largest absolute Gasteiger partial charge is 0.477 e. The second-order valence-electron chi connectivity index (χ2n) is 4.65. The minimum Gasteiger partial charge on any atom is -0.477 e. The minimum absolute atomic E-state index is 0.000992. The highest BCUT2D eigenvalue weighted by Crippen LogP contribution is 2.26. The number of hydrogen-bond donors (Lipinski definition) is 1. The Morgan fingerprint density at radius 3 is 2.36 bits per heavy atom. The van der Waals surface area contributed by atoms with E-state index in [2.05, 4.69) is 25.9 Å². The fourth-order valence-electron chi connectivity index (χ4n) is 2.09. The Labute approximate surface area is 135 Å². The first-order valence-electron chi connectivity index (χ1n) is 6.56. The summed E-state index contributed by atoms with van der Waals surface area (Å²) >= 11 is 3.39. The average molecular weight is 355 g/mol. The molecule has 0 amide bonds. The fraction of sp³-hybridized carbons (Fsp3) is 0. The maximum absolute atomic E-state index is 11.3. The summed E-state index contributed by atoms with van der Waals surface area (Å²) in [5.74, 6) is -1.06. The monoisotopic (exact) mass is 354 g/mol. The van der Waals surface area contributed by atoms with Gasteiger partial charge in [0.15, 0.2) is 0 Å². The Balaban J connectivity index is 2.16. The molecule has 0 saturated carbocycles. The van der Waals surface area contributed by atoms with Crippen molar-refractivity contribution in [3.8, 4) is 22.5 Å². The zero-order chi connectivity index (χ0) is 15.5. The predicted octanol–water partition coefficient (Wildman–Crippen LogP) is 4.27. The standard InChI is InChI=1S/C17H11BrN2O2/c18-13-6-4-11(5-7-13)12-9-15(14-3-1-2-8-19-14)20-16(10-12)17(21)22/h1-10H,(H,21,22). The second kappa shape index (κ2) is 6.07. The van der Waals surface area contributed by atoms with Crippen LogP contribution in [0.5, 0.6) is 0 Å². The van der Waals surface area contributed by atoms with E-state index >= 15 is 0 Å². The van der Waals surface area contributed by atoms with Gasteiger partial charge in [-0.15, -0.1) is 0 Å². The van der Waals surface area contributed by atoms with Crippen molar-refractivity contribution in [2.75, 3.05) is 0 Å². The summed E-state index contributed by atoms with van der Waals surface area (Å²) < 4.78 is 0.966. The number of aromatic nitrogens is 2. The van der Waals surface area contributed by atoms with Gasteiger partial charge in [0.05, 0.1) is 11.4 Å². The number of carboxylic acids is 1. The van der Waals surface area contributed by atoms with Crippen molar-refractivity contribution in [3.05, 3.63) is 71.0 Å². The van der Waals surface area contributed by atoms with E-state index in [9.17, 15) is 9.90 Å². The van der Waals surface area contributed by atoms with E-state index in [0.29, 0.717) is 11.4 Å². The Morgan fingerprint density at radius 1 is 0.955 bits per heavy atom. The summed E-state index contributed by atoms with van der Waals surface area (Å²) in [4.78, 5) is 19.7. The number of nitrogens with zero attached hydrogens (tertiary/aromatic N) is 2. The third-order valence-corrected chi connectivity index (χ3v) is 3.68. The summed E-state index contributed by atoms with van der Waals surface area (Å²) in [6.45, 7) is 0. The van der Waals surface area contributed by atoms with Gasteiger partial charge in [-0.05, 0) is 47.5 Å². The molecule has 3 aromatic rings. The molecule has 0 atom stereocenters. The van der Waals surface area contributed by atoms with Crippen LogP contribution in [0.2, 0.25) is 0 Å². The quantitative estimate of drug-likeness (QED) is 0.762. The first-order valence-corrected chi connectivity index (χ1v) is 7.35. The molecular formula is C17H11BrN2O2. The van der Waals surface area contributed by atoms with Crippen molar-refractivity contribution in [1.82, 2.24) is 9.97 Å². The summed E-state index contributed by atoms with van der Waals surface area (Å²) in [6, 6.07) is 16.5. The lowest BCUT2D eigenvalue weighted by atomic mass is 10.0. The molecule has 0 saturated heterocycles. The molecule has 0 aliphatic rings. The maximum atomic E-state index is 11.3. The number of carboxylic acid groups (broad SMARTS) is 1. The Morgan fingerprint density at radius 2 is 1.73 bits per heavy atom. The van der Waals surface area contributed by atoms with Crippen molar-refractivity contribution in [3.63, 3.8) is 0 Å². The number of halogens is 1. The van der Waals surface area contributed by atoms with E-state index in [-0.39, 0.29) is 5.69 Å². The Kier molecular flexibility index (Phi) is 3.98. The zero-order valence-corrected chi connectivity index (χ0v) is 13.0. The molecule has 0 spiro atoms. The van der Waals surface area contributed by atoms with E-state index in [1.807, 2.05) is 36.4 Å². The highest BCUT2D eigenvalue weighted by molar-refractivity contribution is 9.10. The van der Waals surface area contributed by atoms with Crippen LogP contribution in [-0.4, -0.2) is 21.0 Å². The van der Waals surface area contributed by atoms with Crippen molar-refractivity contribution < 1.29 is 9.90 Å². The molecular weight excluding hydrogens is 344 g/mol. The molecule has 0 aliphatic heterocycles. The number of pyridine rings is 2. The number of rotatable bonds is 3. The number of hydrogen-bond acceptors (Lipinski definition) is 3. The molecule has 4 nitrogen and oxygen atoms in total. The molecule has 2 aromatic heterocycles. The van der Waals surface area contributed by atoms with Crippen molar-refractivity contribution >= 4 is 21.9 Å². The molecule has 0 aliphatic carbocycles. The molecule has 1 N–H and O–H groups in total. The van der Waals surface area contributed by atoms with Gasteiger partial charge < -0.3 is 5.11 Å². The average Bonchev–Trinajstić information content (AvgIpc) is 2.56. The molecule has 1 aromatic carbocycles. The van der Waals surface area contributed by atoms with Gasteiger partial charge in [0.2, 0.25) is 0 Å². The number of aromatic carboxylic acids is 1. The lowest BCUT2D eigenvalue weighted by Gasteiger charge is -2.07. The lowest BCUT2D eigenvalue weighted by molar-refractivity contribution is 0.0690. The van der Waals surface area contributed by atoms with Gasteiger partial charge >= 0.3 is 5.97 Å². The van der Waals surface area contributed by atoms with Crippen LogP contribution >= 0.6 is 15.9 Å². The smallest absolute Gasteiger partial charge is 0.354 e. The Bertz CT molecular complexity index is 818. The first-order chi connectivity index (χ1) is 10.6. The van der Waals surface area contributed by atoms with Crippen LogP contribution in [0, 0.1) is 0 Å². The van der Waals surface area contributed by atoms with Crippen LogP contribution in [0.1, 0.15) is 10.5 Å². The molecule has 3 rings (SSSR count). The van der Waals surface area contributed by atoms with Gasteiger partial charge in [0, 0.05) is 10.7 Å². The van der Waals surface area contributed by atoms with E-state index in [1.165, 1.54) is 0 Å². The van der Waals surface area contributed by atoms with E-state index in [0.717, 1.165) is 15.6 Å². The summed E-state index contributed by atoms with van der Waals surface area (Å²) in [7, 11) is 0. The summed E-state index contributed by atoms with van der Waals surface area (Å²) in [6.07, 6.45) is 1.66. The Hall–Kier alpha value is -2.53. The lowest BCUT2D eigenvalue weighted by Crippen LogP contribution is -2.02. The molecule has 22 heavy (non-hydrogen) atoms. The van der Waals surface area contributed by atoms with Crippen LogP contribution in [0.4, 0.5) is 0 Å². The summed E-state index contributed by atoms with van der Waals surface area (Å²) in [5.41, 5.74) is 2.90. The van der Waals surface area contributed by atoms with Gasteiger partial charge in [-0.2, -0.15) is 0 Å². The molecule has 5 heteroatoms. The topological polar surface area (TPSA) is 63.1 Å². The number of benzene rings is 1. The van der Waals surface area contributed by atoms with Crippen LogP contribution in [-0.2, 0) is 0 Å².